The molecular weight excluding hydrogens is 523 g/mol. The first-order valence-corrected chi connectivity index (χ1v) is 11.2. The van der Waals surface area contributed by atoms with Crippen LogP contribution < -0.4 is 15.4 Å². The summed E-state index contributed by atoms with van der Waals surface area (Å²) in [5.41, 5.74) is -0.587. The summed E-state index contributed by atoms with van der Waals surface area (Å²) in [6.45, 7) is 5.44. The largest absolute Gasteiger partial charge is 0.465 e. The molecule has 0 atom stereocenters. The highest BCUT2D eigenvalue weighted by molar-refractivity contribution is 6.35. The average Bonchev–Trinajstić information content (AvgIpc) is 2.80. The Kier molecular flexibility index (Phi) is 10.7. The molecule has 0 saturated carbocycles. The molecule has 0 fully saturated rings. The molecule has 2 N–H and O–H groups in total. The van der Waals surface area contributed by atoms with Gasteiger partial charge in [0.2, 0.25) is 17.2 Å². The number of aromatic nitrogens is 3. The van der Waals surface area contributed by atoms with Crippen LogP contribution in [0.25, 0.3) is 0 Å². The summed E-state index contributed by atoms with van der Waals surface area (Å²) >= 11 is 17.4. The lowest BCUT2D eigenvalue weighted by Crippen LogP contribution is -2.08. The fourth-order valence-corrected chi connectivity index (χ4v) is 3.13. The van der Waals surface area contributed by atoms with E-state index in [-0.39, 0.29) is 27.3 Å². The van der Waals surface area contributed by atoms with Crippen molar-refractivity contribution in [2.75, 3.05) is 30.8 Å². The van der Waals surface area contributed by atoms with Gasteiger partial charge in [-0.15, -0.1) is 0 Å². The molecule has 0 spiro atoms. The highest BCUT2D eigenvalue weighted by Gasteiger charge is 2.22. The molecule has 0 bridgehead atoms. The van der Waals surface area contributed by atoms with Crippen molar-refractivity contribution in [1.82, 2.24) is 15.0 Å². The van der Waals surface area contributed by atoms with Crippen molar-refractivity contribution >= 4 is 58.4 Å². The lowest BCUT2D eigenvalue weighted by molar-refractivity contribution is -0.385. The molecule has 186 valence electrons. The number of rotatable bonds is 8. The molecule has 0 aliphatic rings. The van der Waals surface area contributed by atoms with E-state index in [0.29, 0.717) is 22.7 Å². The van der Waals surface area contributed by atoms with E-state index in [1.165, 1.54) is 18.2 Å². The molecule has 11 nitrogen and oxygen atoms in total. The number of hydrogen-bond donors (Lipinski definition) is 2. The number of hydrogen-bond acceptors (Lipinski definition) is 10. The second kappa shape index (κ2) is 13.5. The van der Waals surface area contributed by atoms with Gasteiger partial charge in [-0.05, 0) is 49.7 Å². The van der Waals surface area contributed by atoms with Crippen molar-refractivity contribution < 1.29 is 19.2 Å². The van der Waals surface area contributed by atoms with Crippen molar-refractivity contribution in [3.05, 3.63) is 67.4 Å². The van der Waals surface area contributed by atoms with Gasteiger partial charge in [-0.25, -0.2) is 4.79 Å². The highest BCUT2D eigenvalue weighted by atomic mass is 35.5. The SMILES string of the molecule is CCNc1nc(Cl)nc(NCC)n1.COC(=O)c1cc(Oc2ccc(Cl)cc2Cl)ccc1[N+](=O)[O-]. The van der Waals surface area contributed by atoms with E-state index in [1.807, 2.05) is 13.8 Å². The Morgan fingerprint density at radius 1 is 1.00 bits per heavy atom. The summed E-state index contributed by atoms with van der Waals surface area (Å²) in [5.74, 6) is 0.669. The number of carbonyl (C=O) groups is 1. The Morgan fingerprint density at radius 3 is 2.14 bits per heavy atom. The molecule has 2 aromatic carbocycles. The van der Waals surface area contributed by atoms with E-state index in [4.69, 9.17) is 39.5 Å². The van der Waals surface area contributed by atoms with Crippen LogP contribution in [0.1, 0.15) is 24.2 Å². The van der Waals surface area contributed by atoms with Gasteiger partial charge in [0.25, 0.3) is 5.69 Å². The Labute approximate surface area is 215 Å². The summed E-state index contributed by atoms with van der Waals surface area (Å²) in [7, 11) is 1.13. The molecule has 14 heteroatoms. The zero-order valence-electron chi connectivity index (χ0n) is 18.8. The van der Waals surface area contributed by atoms with Crippen LogP contribution in [0.2, 0.25) is 15.3 Å². The highest BCUT2D eigenvalue weighted by Crippen LogP contribution is 2.33. The maximum Gasteiger partial charge on any atom is 0.345 e. The van der Waals surface area contributed by atoms with Crippen LogP contribution in [0, 0.1) is 10.1 Å². The van der Waals surface area contributed by atoms with Crippen molar-refractivity contribution in [2.45, 2.75) is 13.8 Å². The first-order chi connectivity index (χ1) is 16.7. The number of nitrogens with one attached hydrogen (secondary N) is 2. The summed E-state index contributed by atoms with van der Waals surface area (Å²) in [6, 6.07) is 8.35. The van der Waals surface area contributed by atoms with Crippen LogP contribution >= 0.6 is 34.8 Å². The maximum atomic E-state index is 11.6. The average molecular weight is 544 g/mol. The number of esters is 1. The van der Waals surface area contributed by atoms with E-state index in [1.54, 1.807) is 12.1 Å². The summed E-state index contributed by atoms with van der Waals surface area (Å²) in [5, 5.41) is 17.8. The fourth-order valence-electron chi connectivity index (χ4n) is 2.52. The standard InChI is InChI=1S/C14H9Cl2NO5.C7H12ClN5/c1-21-14(18)10-7-9(3-4-12(10)17(19)20)22-13-5-2-8(15)6-11(13)16;1-3-9-6-11-5(8)12-7(13-6)10-4-2/h2-7H,1H3;3-4H2,1-2H3,(H2,9,10,11,12,13). The van der Waals surface area contributed by atoms with Crippen molar-refractivity contribution in [3.63, 3.8) is 0 Å². The van der Waals surface area contributed by atoms with E-state index < -0.39 is 10.9 Å². The second-order valence-corrected chi connectivity index (χ2v) is 7.60. The smallest absolute Gasteiger partial charge is 0.345 e. The van der Waals surface area contributed by atoms with Gasteiger partial charge < -0.3 is 20.1 Å². The number of nitro groups is 1. The number of carbonyl (C=O) groups excluding carboxylic acids is 1. The zero-order valence-corrected chi connectivity index (χ0v) is 21.1. The molecule has 1 aromatic heterocycles. The van der Waals surface area contributed by atoms with Crippen molar-refractivity contribution in [2.24, 2.45) is 0 Å². The van der Waals surface area contributed by atoms with Crippen LogP contribution in [0.3, 0.4) is 0 Å². The predicted molar refractivity (Wildman–Crippen MR) is 134 cm³/mol. The third-order valence-corrected chi connectivity index (χ3v) is 4.67. The van der Waals surface area contributed by atoms with Crippen molar-refractivity contribution in [3.8, 4) is 11.5 Å². The molecule has 0 unspecified atom stereocenters. The molecule has 0 amide bonds. The lowest BCUT2D eigenvalue weighted by atomic mass is 10.1. The van der Waals surface area contributed by atoms with Gasteiger partial charge in [0, 0.05) is 30.2 Å². The Balaban J connectivity index is 0.000000283. The number of halogens is 3. The van der Waals surface area contributed by atoms with Crippen LogP contribution in [0.4, 0.5) is 17.6 Å². The third kappa shape index (κ3) is 8.39. The molecule has 35 heavy (non-hydrogen) atoms. The van der Waals surface area contributed by atoms with Crippen molar-refractivity contribution in [1.29, 1.82) is 0 Å². The van der Waals surface area contributed by atoms with Gasteiger partial charge in [0.05, 0.1) is 17.1 Å². The first kappa shape index (κ1) is 27.8. The number of methoxy groups -OCH3 is 1. The third-order valence-electron chi connectivity index (χ3n) is 3.97. The number of ether oxygens (including phenoxy) is 2. The molecule has 3 aromatic rings. The summed E-state index contributed by atoms with van der Waals surface area (Å²) in [4.78, 5) is 33.8. The second-order valence-electron chi connectivity index (χ2n) is 6.42. The van der Waals surface area contributed by atoms with Crippen LogP contribution in [0.15, 0.2) is 36.4 Å². The summed E-state index contributed by atoms with van der Waals surface area (Å²) in [6.07, 6.45) is 0. The first-order valence-electron chi connectivity index (χ1n) is 10.1. The predicted octanol–water partition coefficient (Wildman–Crippen LogP) is 5.87. The minimum Gasteiger partial charge on any atom is -0.465 e. The Bertz CT molecular complexity index is 1170. The minimum atomic E-state index is -0.834. The quantitative estimate of drug-likeness (QED) is 0.201. The lowest BCUT2D eigenvalue weighted by Gasteiger charge is -2.09. The Hall–Kier alpha value is -3.41. The van der Waals surface area contributed by atoms with Crippen LogP contribution in [-0.4, -0.2) is 46.0 Å². The van der Waals surface area contributed by atoms with Gasteiger partial charge in [-0.3, -0.25) is 10.1 Å². The molecule has 0 aliphatic heterocycles. The molecule has 0 aliphatic carbocycles. The van der Waals surface area contributed by atoms with Gasteiger partial charge in [-0.1, -0.05) is 23.2 Å². The normalized spacial score (nSPS) is 10.0. The monoisotopic (exact) mass is 542 g/mol. The number of nitro benzene ring substituents is 1. The molecule has 0 radical (unpaired) electrons. The number of benzene rings is 2. The van der Waals surface area contributed by atoms with Gasteiger partial charge in [-0.2, -0.15) is 15.0 Å². The molecular formula is C21H21Cl3N6O5. The summed E-state index contributed by atoms with van der Waals surface area (Å²) < 4.78 is 10.0. The Morgan fingerprint density at radius 2 is 1.63 bits per heavy atom. The van der Waals surface area contributed by atoms with Crippen LogP contribution in [-0.2, 0) is 4.74 Å². The van der Waals surface area contributed by atoms with Gasteiger partial charge in [0.1, 0.15) is 17.1 Å². The molecule has 3 rings (SSSR count). The molecule has 1 heterocycles. The van der Waals surface area contributed by atoms with Crippen LogP contribution in [0.5, 0.6) is 11.5 Å². The molecule has 0 saturated heterocycles. The topological polar surface area (TPSA) is 141 Å². The van der Waals surface area contributed by atoms with Gasteiger partial charge >= 0.3 is 5.97 Å². The van der Waals surface area contributed by atoms with E-state index in [0.717, 1.165) is 26.3 Å². The minimum absolute atomic E-state index is 0.196. The number of anilines is 2. The fraction of sp³-hybridized carbons (Fsp3) is 0.238. The van der Waals surface area contributed by atoms with E-state index in [9.17, 15) is 14.9 Å². The number of nitrogens with zero attached hydrogens (tertiary/aromatic N) is 4. The zero-order chi connectivity index (χ0) is 26.0. The maximum absolute atomic E-state index is 11.6. The van der Waals surface area contributed by atoms with E-state index >= 15 is 0 Å². The van der Waals surface area contributed by atoms with E-state index in [2.05, 4.69) is 30.3 Å². The van der Waals surface area contributed by atoms with Gasteiger partial charge in [0.15, 0.2) is 0 Å².